The standard InChI is InChI=1S/C10H10BNO3/c1-15-7-2-3-8-9(11(13)14)4-5-12-10(8)6-7/h2-6,13-14H,1H3. The molecule has 0 saturated carbocycles. The van der Waals surface area contributed by atoms with Gasteiger partial charge < -0.3 is 14.8 Å². The second-order valence-electron chi connectivity index (χ2n) is 3.16. The Labute approximate surface area is 87.3 Å². The van der Waals surface area contributed by atoms with Gasteiger partial charge in [0.15, 0.2) is 0 Å². The molecule has 0 fully saturated rings. The zero-order valence-corrected chi connectivity index (χ0v) is 8.21. The fourth-order valence-corrected chi connectivity index (χ4v) is 1.50. The predicted molar refractivity (Wildman–Crippen MR) is 58.1 cm³/mol. The van der Waals surface area contributed by atoms with Gasteiger partial charge >= 0.3 is 7.12 Å². The molecule has 0 unspecified atom stereocenters. The summed E-state index contributed by atoms with van der Waals surface area (Å²) in [6, 6.07) is 6.85. The number of methoxy groups -OCH3 is 1. The van der Waals surface area contributed by atoms with Crippen LogP contribution in [0.2, 0.25) is 0 Å². The highest BCUT2D eigenvalue weighted by Crippen LogP contribution is 2.17. The first kappa shape index (κ1) is 9.95. The van der Waals surface area contributed by atoms with Crippen molar-refractivity contribution in [1.82, 2.24) is 4.98 Å². The molecule has 0 spiro atoms. The summed E-state index contributed by atoms with van der Waals surface area (Å²) < 4.78 is 5.06. The molecule has 0 aliphatic rings. The van der Waals surface area contributed by atoms with Gasteiger partial charge in [0, 0.05) is 17.6 Å². The van der Waals surface area contributed by atoms with E-state index in [9.17, 15) is 0 Å². The molecule has 2 rings (SSSR count). The van der Waals surface area contributed by atoms with Gasteiger partial charge in [0.1, 0.15) is 5.75 Å². The molecule has 0 atom stereocenters. The lowest BCUT2D eigenvalue weighted by Gasteiger charge is -2.06. The quantitative estimate of drug-likeness (QED) is 0.670. The van der Waals surface area contributed by atoms with Crippen LogP contribution >= 0.6 is 0 Å². The third-order valence-corrected chi connectivity index (χ3v) is 2.26. The van der Waals surface area contributed by atoms with Crippen LogP contribution in [0.1, 0.15) is 0 Å². The Kier molecular flexibility index (Phi) is 2.57. The van der Waals surface area contributed by atoms with Gasteiger partial charge in [0.2, 0.25) is 0 Å². The average Bonchev–Trinajstić information content (AvgIpc) is 2.27. The number of benzene rings is 1. The largest absolute Gasteiger partial charge is 0.497 e. The molecule has 0 amide bonds. The van der Waals surface area contributed by atoms with Crippen LogP contribution < -0.4 is 10.2 Å². The monoisotopic (exact) mass is 203 g/mol. The van der Waals surface area contributed by atoms with Crippen molar-refractivity contribution in [2.45, 2.75) is 0 Å². The van der Waals surface area contributed by atoms with Crippen LogP contribution in [0.25, 0.3) is 10.9 Å². The minimum Gasteiger partial charge on any atom is -0.497 e. The molecule has 4 nitrogen and oxygen atoms in total. The number of rotatable bonds is 2. The van der Waals surface area contributed by atoms with Gasteiger partial charge in [-0.3, -0.25) is 4.98 Å². The Morgan fingerprint density at radius 3 is 2.73 bits per heavy atom. The van der Waals surface area contributed by atoms with E-state index in [-0.39, 0.29) is 0 Å². The molecule has 15 heavy (non-hydrogen) atoms. The smallest absolute Gasteiger partial charge is 0.489 e. The summed E-state index contributed by atoms with van der Waals surface area (Å²) >= 11 is 0. The third-order valence-electron chi connectivity index (χ3n) is 2.26. The first-order valence-corrected chi connectivity index (χ1v) is 4.51. The highest BCUT2D eigenvalue weighted by atomic mass is 16.5. The minimum absolute atomic E-state index is 0.447. The molecule has 0 radical (unpaired) electrons. The zero-order chi connectivity index (χ0) is 10.8. The van der Waals surface area contributed by atoms with Gasteiger partial charge in [0.25, 0.3) is 0 Å². The Morgan fingerprint density at radius 2 is 2.07 bits per heavy atom. The van der Waals surface area contributed by atoms with Crippen molar-refractivity contribution < 1.29 is 14.8 Å². The lowest BCUT2D eigenvalue weighted by molar-refractivity contribution is 0.415. The van der Waals surface area contributed by atoms with Gasteiger partial charge in [0.05, 0.1) is 12.6 Å². The molecule has 5 heteroatoms. The van der Waals surface area contributed by atoms with Crippen LogP contribution in [0, 0.1) is 0 Å². The van der Waals surface area contributed by atoms with E-state index in [1.165, 1.54) is 6.20 Å². The molecule has 0 saturated heterocycles. The van der Waals surface area contributed by atoms with Gasteiger partial charge in [-0.15, -0.1) is 0 Å². The van der Waals surface area contributed by atoms with Gasteiger partial charge in [-0.1, -0.05) is 0 Å². The topological polar surface area (TPSA) is 62.6 Å². The normalized spacial score (nSPS) is 10.3. The van der Waals surface area contributed by atoms with E-state index in [4.69, 9.17) is 14.8 Å². The van der Waals surface area contributed by atoms with Crippen LogP contribution in [-0.2, 0) is 0 Å². The van der Waals surface area contributed by atoms with Crippen LogP contribution in [0.15, 0.2) is 30.5 Å². The number of nitrogens with zero attached hydrogens (tertiary/aromatic N) is 1. The van der Waals surface area contributed by atoms with Crippen LogP contribution in [0.5, 0.6) is 5.75 Å². The fraction of sp³-hybridized carbons (Fsp3) is 0.100. The summed E-state index contributed by atoms with van der Waals surface area (Å²) in [4.78, 5) is 4.13. The number of aromatic nitrogens is 1. The van der Waals surface area contributed by atoms with Crippen molar-refractivity contribution in [3.63, 3.8) is 0 Å². The lowest BCUT2D eigenvalue weighted by atomic mass is 9.78. The zero-order valence-electron chi connectivity index (χ0n) is 8.21. The Balaban J connectivity index is 2.67. The Hall–Kier alpha value is -1.59. The van der Waals surface area contributed by atoms with Crippen LogP contribution in [-0.4, -0.2) is 29.3 Å². The number of hydrogen-bond donors (Lipinski definition) is 2. The Morgan fingerprint density at radius 1 is 1.27 bits per heavy atom. The maximum atomic E-state index is 9.14. The van der Waals surface area contributed by atoms with Crippen molar-refractivity contribution in [1.29, 1.82) is 0 Å². The second-order valence-corrected chi connectivity index (χ2v) is 3.16. The summed E-state index contributed by atoms with van der Waals surface area (Å²) in [5.41, 5.74) is 1.13. The van der Waals surface area contributed by atoms with E-state index in [1.54, 1.807) is 31.4 Å². The molecule has 0 aliphatic carbocycles. The first-order valence-electron chi connectivity index (χ1n) is 4.51. The summed E-state index contributed by atoms with van der Waals surface area (Å²) in [5, 5.41) is 19.0. The SMILES string of the molecule is COc1ccc2c(B(O)O)ccnc2c1. The second kappa shape index (κ2) is 3.88. The van der Waals surface area contributed by atoms with E-state index in [0.29, 0.717) is 22.1 Å². The number of pyridine rings is 1. The predicted octanol–water partition coefficient (Wildman–Crippen LogP) is -0.0768. The summed E-state index contributed by atoms with van der Waals surface area (Å²) in [6.45, 7) is 0. The fourth-order valence-electron chi connectivity index (χ4n) is 1.50. The lowest BCUT2D eigenvalue weighted by Crippen LogP contribution is -2.30. The highest BCUT2D eigenvalue weighted by molar-refractivity contribution is 6.61. The molecule has 0 aliphatic heterocycles. The molecule has 1 aromatic heterocycles. The van der Waals surface area contributed by atoms with Gasteiger partial charge in [-0.2, -0.15) is 0 Å². The molecular weight excluding hydrogens is 193 g/mol. The molecular formula is C10H10BNO3. The van der Waals surface area contributed by atoms with Crippen molar-refractivity contribution >= 4 is 23.5 Å². The molecule has 2 aromatic rings. The maximum Gasteiger partial charge on any atom is 0.489 e. The van der Waals surface area contributed by atoms with E-state index < -0.39 is 7.12 Å². The summed E-state index contributed by atoms with van der Waals surface area (Å²) in [7, 11) is 0.0928. The van der Waals surface area contributed by atoms with Crippen LogP contribution in [0.4, 0.5) is 0 Å². The van der Waals surface area contributed by atoms with Crippen molar-refractivity contribution in [3.05, 3.63) is 30.5 Å². The molecule has 2 N–H and O–H groups in total. The van der Waals surface area contributed by atoms with E-state index in [0.717, 1.165) is 0 Å². The minimum atomic E-state index is -1.48. The third kappa shape index (κ3) is 1.79. The molecule has 1 aromatic carbocycles. The van der Waals surface area contributed by atoms with Gasteiger partial charge in [-0.05, 0) is 23.7 Å². The van der Waals surface area contributed by atoms with E-state index in [1.807, 2.05) is 0 Å². The summed E-state index contributed by atoms with van der Waals surface area (Å²) in [5.74, 6) is 0.694. The number of hydrogen-bond acceptors (Lipinski definition) is 4. The van der Waals surface area contributed by atoms with Crippen molar-refractivity contribution in [2.75, 3.05) is 7.11 Å². The molecule has 76 valence electrons. The van der Waals surface area contributed by atoms with Gasteiger partial charge in [-0.25, -0.2) is 0 Å². The average molecular weight is 203 g/mol. The maximum absolute atomic E-state index is 9.14. The number of fused-ring (bicyclic) bond motifs is 1. The van der Waals surface area contributed by atoms with Crippen LogP contribution in [0.3, 0.4) is 0 Å². The summed E-state index contributed by atoms with van der Waals surface area (Å²) in [6.07, 6.45) is 1.54. The Bertz CT molecular complexity index is 487. The van der Waals surface area contributed by atoms with E-state index >= 15 is 0 Å². The molecule has 0 bridgehead atoms. The number of ether oxygens (including phenoxy) is 1. The first-order chi connectivity index (χ1) is 7.22. The van der Waals surface area contributed by atoms with E-state index in [2.05, 4.69) is 4.98 Å². The highest BCUT2D eigenvalue weighted by Gasteiger charge is 2.14. The van der Waals surface area contributed by atoms with Crippen molar-refractivity contribution in [2.24, 2.45) is 0 Å². The van der Waals surface area contributed by atoms with Crippen molar-refractivity contribution in [3.8, 4) is 5.75 Å². The molecule has 1 heterocycles.